The Kier molecular flexibility index (Phi) is 7.86. The van der Waals surface area contributed by atoms with Crippen molar-refractivity contribution in [2.75, 3.05) is 13.6 Å². The lowest BCUT2D eigenvalue weighted by Gasteiger charge is -2.25. The van der Waals surface area contributed by atoms with Gasteiger partial charge in [-0.3, -0.25) is 4.90 Å². The van der Waals surface area contributed by atoms with E-state index in [1.807, 2.05) is 0 Å². The van der Waals surface area contributed by atoms with E-state index < -0.39 is 0 Å². The highest BCUT2D eigenvalue weighted by Crippen LogP contribution is 2.14. The average molecular weight is 276 g/mol. The van der Waals surface area contributed by atoms with Crippen LogP contribution in [0, 0.1) is 0 Å². The highest BCUT2D eigenvalue weighted by molar-refractivity contribution is 5.27. The molecule has 0 saturated heterocycles. The molecule has 0 bridgehead atoms. The van der Waals surface area contributed by atoms with Gasteiger partial charge in [-0.25, -0.2) is 0 Å². The van der Waals surface area contributed by atoms with Gasteiger partial charge in [-0.15, -0.1) is 0 Å². The fraction of sp³-hybridized carbons (Fsp3) is 0.667. The Morgan fingerprint density at radius 3 is 2.35 bits per heavy atom. The van der Waals surface area contributed by atoms with Crippen molar-refractivity contribution in [2.24, 2.45) is 0 Å². The maximum atomic E-state index is 3.50. The zero-order valence-electron chi connectivity index (χ0n) is 13.9. The summed E-state index contributed by atoms with van der Waals surface area (Å²) < 4.78 is 0. The van der Waals surface area contributed by atoms with E-state index >= 15 is 0 Å². The standard InChI is InChI=1S/C18H32N2/c1-6-9-16(4)20(5)14-18-11-8-7-10-17(18)12-13-19-15(2)3/h7-8,10-11,15-16,19H,6,9,12-14H2,1-5H3. The molecule has 1 atom stereocenters. The highest BCUT2D eigenvalue weighted by Gasteiger charge is 2.10. The average Bonchev–Trinajstić information content (AvgIpc) is 2.40. The topological polar surface area (TPSA) is 15.3 Å². The second-order valence-electron chi connectivity index (χ2n) is 6.18. The first-order chi connectivity index (χ1) is 9.54. The third-order valence-corrected chi connectivity index (χ3v) is 3.94. The van der Waals surface area contributed by atoms with Crippen molar-refractivity contribution >= 4 is 0 Å². The second-order valence-corrected chi connectivity index (χ2v) is 6.18. The third-order valence-electron chi connectivity index (χ3n) is 3.94. The number of rotatable bonds is 9. The van der Waals surface area contributed by atoms with E-state index in [1.54, 1.807) is 0 Å². The number of benzene rings is 1. The lowest BCUT2D eigenvalue weighted by atomic mass is 10.0. The first-order valence-corrected chi connectivity index (χ1v) is 8.05. The van der Waals surface area contributed by atoms with Crippen molar-refractivity contribution < 1.29 is 0 Å². The maximum Gasteiger partial charge on any atom is 0.0236 e. The molecule has 20 heavy (non-hydrogen) atoms. The summed E-state index contributed by atoms with van der Waals surface area (Å²) in [5.41, 5.74) is 2.96. The molecule has 0 aromatic heterocycles. The lowest BCUT2D eigenvalue weighted by molar-refractivity contribution is 0.236. The van der Waals surface area contributed by atoms with Crippen LogP contribution in [-0.4, -0.2) is 30.6 Å². The fourth-order valence-corrected chi connectivity index (χ4v) is 2.51. The predicted octanol–water partition coefficient (Wildman–Crippen LogP) is 3.85. The molecule has 0 fully saturated rings. The van der Waals surface area contributed by atoms with Crippen LogP contribution in [0.4, 0.5) is 0 Å². The Balaban J connectivity index is 2.60. The molecule has 1 aromatic rings. The van der Waals surface area contributed by atoms with Crippen LogP contribution in [0.3, 0.4) is 0 Å². The van der Waals surface area contributed by atoms with Gasteiger partial charge in [0.2, 0.25) is 0 Å². The third kappa shape index (κ3) is 6.06. The van der Waals surface area contributed by atoms with Crippen LogP contribution in [0.2, 0.25) is 0 Å². The van der Waals surface area contributed by atoms with Crippen LogP contribution in [-0.2, 0) is 13.0 Å². The van der Waals surface area contributed by atoms with Crippen LogP contribution in [0.15, 0.2) is 24.3 Å². The van der Waals surface area contributed by atoms with Gasteiger partial charge in [-0.1, -0.05) is 51.5 Å². The molecule has 0 amide bonds. The minimum atomic E-state index is 0.564. The van der Waals surface area contributed by atoms with E-state index in [-0.39, 0.29) is 0 Å². The van der Waals surface area contributed by atoms with Crippen molar-refractivity contribution in [1.29, 1.82) is 0 Å². The molecule has 0 heterocycles. The highest BCUT2D eigenvalue weighted by atomic mass is 15.1. The van der Waals surface area contributed by atoms with Crippen LogP contribution in [0.25, 0.3) is 0 Å². The molecule has 1 N–H and O–H groups in total. The zero-order chi connectivity index (χ0) is 15.0. The van der Waals surface area contributed by atoms with Gasteiger partial charge in [0.05, 0.1) is 0 Å². The normalized spacial score (nSPS) is 13.2. The molecule has 0 saturated carbocycles. The Morgan fingerprint density at radius 2 is 1.75 bits per heavy atom. The SMILES string of the molecule is CCCC(C)N(C)Cc1ccccc1CCNC(C)C. The van der Waals surface area contributed by atoms with Crippen molar-refractivity contribution in [1.82, 2.24) is 10.2 Å². The van der Waals surface area contributed by atoms with Gasteiger partial charge in [-0.2, -0.15) is 0 Å². The van der Waals surface area contributed by atoms with Gasteiger partial charge >= 0.3 is 0 Å². The van der Waals surface area contributed by atoms with Crippen LogP contribution in [0.5, 0.6) is 0 Å². The van der Waals surface area contributed by atoms with E-state index in [0.717, 1.165) is 19.5 Å². The summed E-state index contributed by atoms with van der Waals surface area (Å²) in [5.74, 6) is 0. The molecule has 1 aromatic carbocycles. The van der Waals surface area contributed by atoms with E-state index in [1.165, 1.54) is 24.0 Å². The molecule has 0 aliphatic rings. The molecule has 1 unspecified atom stereocenters. The first-order valence-electron chi connectivity index (χ1n) is 8.05. The number of hydrogen-bond acceptors (Lipinski definition) is 2. The van der Waals surface area contributed by atoms with E-state index in [4.69, 9.17) is 0 Å². The van der Waals surface area contributed by atoms with Gasteiger partial charge in [-0.05, 0) is 44.5 Å². The molecule has 2 nitrogen and oxygen atoms in total. The molecule has 0 aliphatic carbocycles. The molecule has 2 heteroatoms. The van der Waals surface area contributed by atoms with Gasteiger partial charge in [0.25, 0.3) is 0 Å². The van der Waals surface area contributed by atoms with Crippen molar-refractivity contribution in [3.63, 3.8) is 0 Å². The molecule has 0 spiro atoms. The van der Waals surface area contributed by atoms with Gasteiger partial charge in [0.15, 0.2) is 0 Å². The van der Waals surface area contributed by atoms with Crippen LogP contribution >= 0.6 is 0 Å². The van der Waals surface area contributed by atoms with Crippen molar-refractivity contribution in [2.45, 2.75) is 65.6 Å². The number of nitrogens with one attached hydrogen (secondary N) is 1. The Bertz CT molecular complexity index is 373. The van der Waals surface area contributed by atoms with Crippen LogP contribution < -0.4 is 5.32 Å². The predicted molar refractivity (Wildman–Crippen MR) is 89.1 cm³/mol. The van der Waals surface area contributed by atoms with E-state index in [2.05, 4.69) is 69.2 Å². The van der Waals surface area contributed by atoms with Crippen molar-refractivity contribution in [3.05, 3.63) is 35.4 Å². The molecular weight excluding hydrogens is 244 g/mol. The smallest absolute Gasteiger partial charge is 0.0236 e. The van der Waals surface area contributed by atoms with Crippen molar-refractivity contribution in [3.8, 4) is 0 Å². The Labute approximate surface area is 125 Å². The quantitative estimate of drug-likeness (QED) is 0.737. The minimum absolute atomic E-state index is 0.564. The summed E-state index contributed by atoms with van der Waals surface area (Å²) in [6.45, 7) is 11.1. The van der Waals surface area contributed by atoms with Gasteiger partial charge < -0.3 is 5.32 Å². The lowest BCUT2D eigenvalue weighted by Crippen LogP contribution is -2.29. The summed E-state index contributed by atoms with van der Waals surface area (Å²) in [4.78, 5) is 2.47. The maximum absolute atomic E-state index is 3.50. The van der Waals surface area contributed by atoms with Gasteiger partial charge in [0.1, 0.15) is 0 Å². The molecular formula is C18H32N2. The van der Waals surface area contributed by atoms with E-state index in [0.29, 0.717) is 12.1 Å². The molecule has 1 rings (SSSR count). The first kappa shape index (κ1) is 17.2. The second kappa shape index (κ2) is 9.15. The fourth-order valence-electron chi connectivity index (χ4n) is 2.51. The monoisotopic (exact) mass is 276 g/mol. The summed E-state index contributed by atoms with van der Waals surface area (Å²) >= 11 is 0. The summed E-state index contributed by atoms with van der Waals surface area (Å²) in [6, 6.07) is 10.1. The minimum Gasteiger partial charge on any atom is -0.314 e. The van der Waals surface area contributed by atoms with Gasteiger partial charge in [0, 0.05) is 18.6 Å². The Morgan fingerprint density at radius 1 is 1.10 bits per heavy atom. The molecule has 114 valence electrons. The van der Waals surface area contributed by atoms with E-state index in [9.17, 15) is 0 Å². The molecule has 0 aliphatic heterocycles. The summed E-state index contributed by atoms with van der Waals surface area (Å²) in [5, 5.41) is 3.50. The molecule has 0 radical (unpaired) electrons. The number of hydrogen-bond donors (Lipinski definition) is 1. The zero-order valence-corrected chi connectivity index (χ0v) is 13.9. The summed E-state index contributed by atoms with van der Waals surface area (Å²) in [6.07, 6.45) is 3.64. The largest absolute Gasteiger partial charge is 0.314 e. The Hall–Kier alpha value is -0.860. The summed E-state index contributed by atoms with van der Waals surface area (Å²) in [7, 11) is 2.24. The van der Waals surface area contributed by atoms with Crippen LogP contribution in [0.1, 0.15) is 51.7 Å². The number of nitrogens with zero attached hydrogens (tertiary/aromatic N) is 1.